The van der Waals surface area contributed by atoms with Gasteiger partial charge < -0.3 is 14.5 Å². The van der Waals surface area contributed by atoms with Crippen molar-refractivity contribution >= 4 is 25.8 Å². The smallest absolute Gasteiger partial charge is 0.320 e. The number of anilines is 1. The summed E-state index contributed by atoms with van der Waals surface area (Å²) in [5.41, 5.74) is 7.49. The van der Waals surface area contributed by atoms with E-state index >= 15 is 0 Å². The molecule has 0 radical (unpaired) electrons. The minimum atomic E-state index is -1.89. The van der Waals surface area contributed by atoms with Crippen molar-refractivity contribution in [3.8, 4) is 11.4 Å². The number of hydrogen-bond donors (Lipinski definition) is 2. The maximum atomic E-state index is 13.7. The summed E-state index contributed by atoms with van der Waals surface area (Å²) in [6.45, 7) is 25.4. The normalized spacial score (nSPS) is 18.9. The third-order valence-electron chi connectivity index (χ3n) is 12.7. The standard InChI is InChI=1S/C47H66N8O3Si/c1-31(2)59(32(3)4,33(5)6)57-28-14-27-53-26-13-17-40(53)45-51-50-43-25-22-36(30-54(43)45)58-41-24-23-39(37-15-11-12-16-38(37)41)48-46(56)49-44-29-42(47(8,9)10)52-55(44)35-20-18-34(7)19-21-35/h11-12,15-16,18-22,25,29-33,39-41H,13-14,17,23-24,26-28H2,1-10H3,(H2,48,49,56)/t39-,40?,41+/m0/s1. The first-order valence-corrected chi connectivity index (χ1v) is 24.0. The highest BCUT2D eigenvalue weighted by Gasteiger charge is 2.45. The summed E-state index contributed by atoms with van der Waals surface area (Å²) in [6.07, 6.45) is 6.58. The lowest BCUT2D eigenvalue weighted by molar-refractivity contribution is 0.171. The van der Waals surface area contributed by atoms with Crippen LogP contribution in [0.5, 0.6) is 5.75 Å². The van der Waals surface area contributed by atoms with Crippen LogP contribution in [-0.2, 0) is 9.84 Å². The van der Waals surface area contributed by atoms with E-state index in [0.29, 0.717) is 22.4 Å². The summed E-state index contributed by atoms with van der Waals surface area (Å²) in [4.78, 5) is 16.3. The molecule has 5 aromatic rings. The summed E-state index contributed by atoms with van der Waals surface area (Å²) in [7, 11) is -1.89. The first kappa shape index (κ1) is 42.6. The largest absolute Gasteiger partial charge is 0.484 e. The fourth-order valence-electron chi connectivity index (χ4n) is 9.81. The molecule has 4 heterocycles. The molecule has 1 aliphatic carbocycles. The fourth-order valence-corrected chi connectivity index (χ4v) is 15.3. The molecule has 2 amide bonds. The van der Waals surface area contributed by atoms with Crippen LogP contribution in [0.3, 0.4) is 0 Å². The molecule has 11 nitrogen and oxygen atoms in total. The average Bonchev–Trinajstić information content (AvgIpc) is 3.94. The van der Waals surface area contributed by atoms with Crippen LogP contribution in [0.1, 0.15) is 141 Å². The van der Waals surface area contributed by atoms with Crippen molar-refractivity contribution in [1.29, 1.82) is 0 Å². The van der Waals surface area contributed by atoms with E-state index in [1.165, 1.54) is 0 Å². The van der Waals surface area contributed by atoms with Gasteiger partial charge in [-0.1, -0.05) is 104 Å². The van der Waals surface area contributed by atoms with Gasteiger partial charge in [0.2, 0.25) is 0 Å². The highest BCUT2D eigenvalue weighted by atomic mass is 28.4. The van der Waals surface area contributed by atoms with E-state index in [2.05, 4.69) is 125 Å². The van der Waals surface area contributed by atoms with Gasteiger partial charge in [-0.2, -0.15) is 5.10 Å². The zero-order valence-electron chi connectivity index (χ0n) is 37.0. The molecular weight excluding hydrogens is 753 g/mol. The van der Waals surface area contributed by atoms with Crippen LogP contribution in [0, 0.1) is 6.92 Å². The number of ether oxygens (including phenoxy) is 1. The van der Waals surface area contributed by atoms with Crippen molar-refractivity contribution in [2.75, 3.05) is 25.0 Å². The molecule has 0 bridgehead atoms. The van der Waals surface area contributed by atoms with Gasteiger partial charge in [0.25, 0.3) is 0 Å². The van der Waals surface area contributed by atoms with Gasteiger partial charge in [0.05, 0.1) is 29.7 Å². The summed E-state index contributed by atoms with van der Waals surface area (Å²) in [5, 5.41) is 20.6. The van der Waals surface area contributed by atoms with Crippen LogP contribution in [-0.4, -0.2) is 63.3 Å². The Morgan fingerprint density at radius 1 is 0.898 bits per heavy atom. The zero-order chi connectivity index (χ0) is 42.1. The molecule has 2 N–H and O–H groups in total. The molecule has 1 unspecified atom stereocenters. The van der Waals surface area contributed by atoms with Gasteiger partial charge in [-0.3, -0.25) is 14.6 Å². The summed E-state index contributed by atoms with van der Waals surface area (Å²) in [6, 6.07) is 22.2. The highest BCUT2D eigenvalue weighted by molar-refractivity contribution is 6.77. The number of urea groups is 1. The molecule has 1 fully saturated rings. The van der Waals surface area contributed by atoms with Crippen LogP contribution >= 0.6 is 0 Å². The quantitative estimate of drug-likeness (QED) is 0.0848. The van der Waals surface area contributed by atoms with E-state index in [1.807, 2.05) is 47.1 Å². The van der Waals surface area contributed by atoms with E-state index in [9.17, 15) is 4.79 Å². The molecule has 316 valence electrons. The second-order valence-electron chi connectivity index (χ2n) is 18.7. The molecular formula is C47H66N8O3Si. The monoisotopic (exact) mass is 819 g/mol. The van der Waals surface area contributed by atoms with Crippen LogP contribution in [0.15, 0.2) is 72.9 Å². The Labute approximate surface area is 352 Å². The minimum Gasteiger partial charge on any atom is -0.484 e. The van der Waals surface area contributed by atoms with Crippen LogP contribution in [0.2, 0.25) is 16.6 Å². The number of aryl methyl sites for hydroxylation is 1. The van der Waals surface area contributed by atoms with Crippen LogP contribution in [0.4, 0.5) is 10.6 Å². The number of fused-ring (bicyclic) bond motifs is 2. The first-order valence-electron chi connectivity index (χ1n) is 21.9. The average molecular weight is 819 g/mol. The van der Waals surface area contributed by atoms with Crippen molar-refractivity contribution in [3.63, 3.8) is 0 Å². The summed E-state index contributed by atoms with van der Waals surface area (Å²) in [5.74, 6) is 2.37. The molecule has 1 saturated heterocycles. The molecule has 12 heteroatoms. The fraction of sp³-hybridized carbons (Fsp3) is 0.532. The third-order valence-corrected chi connectivity index (χ3v) is 18.8. The van der Waals surface area contributed by atoms with E-state index in [1.54, 1.807) is 0 Å². The van der Waals surface area contributed by atoms with E-state index in [-0.39, 0.29) is 29.6 Å². The number of nitrogens with one attached hydrogen (secondary N) is 2. The molecule has 3 atom stereocenters. The Kier molecular flexibility index (Phi) is 12.7. The Morgan fingerprint density at radius 2 is 1.61 bits per heavy atom. The lowest BCUT2D eigenvalue weighted by Gasteiger charge is -2.42. The molecule has 2 aromatic carbocycles. The van der Waals surface area contributed by atoms with Gasteiger partial charge in [-0.15, -0.1) is 10.2 Å². The highest BCUT2D eigenvalue weighted by Crippen LogP contribution is 2.43. The number of nitrogens with zero attached hydrogens (tertiary/aromatic N) is 6. The molecule has 0 saturated carbocycles. The van der Waals surface area contributed by atoms with E-state index in [4.69, 9.17) is 19.4 Å². The summed E-state index contributed by atoms with van der Waals surface area (Å²) >= 11 is 0. The van der Waals surface area contributed by atoms with Gasteiger partial charge in [0.15, 0.2) is 19.8 Å². The Bertz CT molecular complexity index is 2180. The second-order valence-corrected chi connectivity index (χ2v) is 24.2. The molecule has 3 aromatic heterocycles. The number of amides is 2. The zero-order valence-corrected chi connectivity index (χ0v) is 38.0. The Balaban J connectivity index is 1.02. The van der Waals surface area contributed by atoms with Crippen molar-refractivity contribution in [3.05, 3.63) is 101 Å². The molecule has 1 aliphatic heterocycles. The Morgan fingerprint density at radius 3 is 2.31 bits per heavy atom. The van der Waals surface area contributed by atoms with Gasteiger partial charge in [-0.05, 0) is 97.6 Å². The van der Waals surface area contributed by atoms with Crippen molar-refractivity contribution in [1.82, 2.24) is 34.6 Å². The predicted octanol–water partition coefficient (Wildman–Crippen LogP) is 11.0. The molecule has 59 heavy (non-hydrogen) atoms. The van der Waals surface area contributed by atoms with Gasteiger partial charge >= 0.3 is 6.03 Å². The second kappa shape index (κ2) is 17.6. The Hall–Kier alpha value is -4.52. The number of aromatic nitrogens is 5. The maximum absolute atomic E-state index is 13.7. The first-order chi connectivity index (χ1) is 28.1. The SMILES string of the molecule is Cc1ccc(-n2nc(C(C)(C)C)cc2NC(=O)N[C@H]2CC[C@@H](Oc3ccc4nnc(C5CCCN5CCCO[Si](C(C)C)(C(C)C)C(C)C)n4c3)c3ccccc32)cc1. The number of pyridine rings is 1. The number of carbonyl (C=O) groups excluding carboxylic acids is 1. The molecule has 7 rings (SSSR count). The predicted molar refractivity (Wildman–Crippen MR) is 239 cm³/mol. The van der Waals surface area contributed by atoms with Crippen LogP contribution < -0.4 is 15.4 Å². The molecule has 0 spiro atoms. The van der Waals surface area contributed by atoms with Crippen molar-refractivity contribution in [2.24, 2.45) is 0 Å². The number of rotatable bonds is 14. The van der Waals surface area contributed by atoms with Gasteiger partial charge in [0.1, 0.15) is 17.7 Å². The minimum absolute atomic E-state index is 0.164. The van der Waals surface area contributed by atoms with E-state index in [0.717, 1.165) is 97.1 Å². The number of benzene rings is 2. The lowest BCUT2D eigenvalue weighted by Crippen LogP contribution is -2.48. The van der Waals surface area contributed by atoms with Gasteiger partial charge in [0, 0.05) is 24.6 Å². The lowest BCUT2D eigenvalue weighted by atomic mass is 9.85. The number of hydrogen-bond acceptors (Lipinski definition) is 7. The number of likely N-dealkylation sites (tertiary alicyclic amines) is 1. The van der Waals surface area contributed by atoms with E-state index < -0.39 is 8.32 Å². The summed E-state index contributed by atoms with van der Waals surface area (Å²) < 4.78 is 17.6. The molecule has 2 aliphatic rings. The number of carbonyl (C=O) groups is 1. The van der Waals surface area contributed by atoms with Crippen molar-refractivity contribution in [2.45, 2.75) is 142 Å². The third kappa shape index (κ3) is 9.00. The van der Waals surface area contributed by atoms with Gasteiger partial charge in [-0.25, -0.2) is 9.48 Å². The topological polar surface area (TPSA) is 111 Å². The van der Waals surface area contributed by atoms with Crippen LogP contribution in [0.25, 0.3) is 11.3 Å². The maximum Gasteiger partial charge on any atom is 0.320 e. The van der Waals surface area contributed by atoms with Crippen molar-refractivity contribution < 1.29 is 14.0 Å².